The Morgan fingerprint density at radius 1 is 0.256 bits per heavy atom. The predicted octanol–water partition coefficient (Wildman–Crippen LogP) is 23.9. The van der Waals surface area contributed by atoms with Gasteiger partial charge >= 0.3 is 17.9 Å². The molecule has 0 aromatic rings. The van der Waals surface area contributed by atoms with Crippen molar-refractivity contribution >= 4 is 17.9 Å². The Kier molecular flexibility index (Phi) is 65.8. The van der Waals surface area contributed by atoms with Crippen molar-refractivity contribution in [3.8, 4) is 0 Å². The number of hydrogen-bond acceptors (Lipinski definition) is 6. The van der Waals surface area contributed by atoms with E-state index in [1.54, 1.807) is 0 Å². The average Bonchev–Trinajstić information content (AvgIpc) is 3.47. The van der Waals surface area contributed by atoms with Gasteiger partial charge in [-0.1, -0.05) is 309 Å². The molecule has 0 spiro atoms. The van der Waals surface area contributed by atoms with E-state index in [-0.39, 0.29) is 31.1 Å². The summed E-state index contributed by atoms with van der Waals surface area (Å²) in [7, 11) is 0. The zero-order valence-electron chi connectivity index (χ0n) is 53.7. The fraction of sp³-hybridized carbons (Fsp3) is 0.697. The summed E-state index contributed by atoms with van der Waals surface area (Å²) in [6.07, 6.45) is 96.4. The molecule has 6 heteroatoms. The molecule has 6 nitrogen and oxygen atoms in total. The monoisotopic (exact) mass is 1140 g/mol. The van der Waals surface area contributed by atoms with Gasteiger partial charge in [-0.05, 0) is 116 Å². The number of esters is 3. The molecule has 0 aliphatic heterocycles. The van der Waals surface area contributed by atoms with Gasteiger partial charge in [0.2, 0.25) is 0 Å². The molecule has 0 fully saturated rings. The Bertz CT molecular complexity index is 1690. The molecule has 0 saturated carbocycles. The molecule has 1 unspecified atom stereocenters. The van der Waals surface area contributed by atoms with Crippen LogP contribution in [0.15, 0.2) is 122 Å². The summed E-state index contributed by atoms with van der Waals surface area (Å²) >= 11 is 0. The minimum atomic E-state index is -0.798. The number of hydrogen-bond donors (Lipinski definition) is 0. The summed E-state index contributed by atoms with van der Waals surface area (Å²) in [5.74, 6) is -0.918. The van der Waals surface area contributed by atoms with Gasteiger partial charge in [0.15, 0.2) is 6.10 Å². The maximum absolute atomic E-state index is 13.0. The van der Waals surface area contributed by atoms with E-state index < -0.39 is 6.10 Å². The van der Waals surface area contributed by atoms with E-state index in [0.717, 1.165) is 122 Å². The molecule has 0 rings (SSSR count). The lowest BCUT2D eigenvalue weighted by molar-refractivity contribution is -0.167. The summed E-state index contributed by atoms with van der Waals surface area (Å²) in [6.45, 7) is 6.51. The first-order valence-electron chi connectivity index (χ1n) is 34.5. The van der Waals surface area contributed by atoms with Gasteiger partial charge in [-0.3, -0.25) is 14.4 Å². The minimum Gasteiger partial charge on any atom is -0.462 e. The fourth-order valence-corrected chi connectivity index (χ4v) is 9.55. The van der Waals surface area contributed by atoms with Crippen LogP contribution in [-0.2, 0) is 28.6 Å². The van der Waals surface area contributed by atoms with Gasteiger partial charge in [-0.2, -0.15) is 0 Å². The number of carbonyl (C=O) groups excluding carboxylic acids is 3. The normalized spacial score (nSPS) is 12.9. The topological polar surface area (TPSA) is 78.9 Å². The van der Waals surface area contributed by atoms with Crippen LogP contribution in [0.2, 0.25) is 0 Å². The van der Waals surface area contributed by atoms with E-state index in [4.69, 9.17) is 14.2 Å². The maximum atomic E-state index is 13.0. The summed E-state index contributed by atoms with van der Waals surface area (Å²) in [6, 6.07) is 0. The van der Waals surface area contributed by atoms with Crippen LogP contribution in [0.1, 0.15) is 323 Å². The molecule has 0 aliphatic carbocycles. The second-order valence-corrected chi connectivity index (χ2v) is 22.7. The van der Waals surface area contributed by atoms with Gasteiger partial charge in [0.1, 0.15) is 13.2 Å². The van der Waals surface area contributed by atoms with Crippen LogP contribution in [0.3, 0.4) is 0 Å². The molecular weight excluding hydrogens is 1010 g/mol. The van der Waals surface area contributed by atoms with Crippen molar-refractivity contribution in [1.82, 2.24) is 0 Å². The molecule has 0 N–H and O–H groups in total. The van der Waals surface area contributed by atoms with E-state index in [2.05, 4.69) is 142 Å². The molecule has 468 valence electrons. The molecule has 82 heavy (non-hydrogen) atoms. The lowest BCUT2D eigenvalue weighted by Crippen LogP contribution is -2.30. The number of carbonyl (C=O) groups is 3. The smallest absolute Gasteiger partial charge is 0.306 e. The first-order chi connectivity index (χ1) is 40.5. The Morgan fingerprint density at radius 2 is 0.476 bits per heavy atom. The van der Waals surface area contributed by atoms with Gasteiger partial charge in [-0.25, -0.2) is 0 Å². The summed E-state index contributed by atoms with van der Waals surface area (Å²) < 4.78 is 16.9. The van der Waals surface area contributed by atoms with Crippen molar-refractivity contribution < 1.29 is 28.6 Å². The predicted molar refractivity (Wildman–Crippen MR) is 357 cm³/mol. The standard InChI is InChI=1S/C76H128O6/c1-4-7-10-13-16-19-22-25-28-30-32-34-36-38-40-42-44-46-48-51-54-57-60-63-66-69-75(78)81-72-73(71-80-74(77)68-65-62-59-56-53-50-27-24-21-18-15-12-9-6-3)82-76(79)70-67-64-61-58-55-52-49-47-45-43-41-39-37-35-33-31-29-26-23-20-17-14-11-8-5-2/h7,10,16,19,23,25-26,28,31-34,37-40,44,46,51,54,73H,4-6,8-9,11-15,17-18,20-22,24,27,29-30,35-36,41-43,45,47-50,52-53,55-72H2,1-3H3/b10-7-,19-16-,26-23-,28-25-,33-31-,34-32-,39-37-,40-38-,46-44-,54-51-. The largest absolute Gasteiger partial charge is 0.462 e. The number of unbranched alkanes of at least 4 members (excludes halogenated alkanes) is 31. The van der Waals surface area contributed by atoms with Gasteiger partial charge in [-0.15, -0.1) is 0 Å². The molecule has 0 bridgehead atoms. The molecule has 0 amide bonds. The van der Waals surface area contributed by atoms with Crippen molar-refractivity contribution in [2.45, 2.75) is 329 Å². The molecule has 0 heterocycles. The number of rotatable bonds is 62. The second-order valence-electron chi connectivity index (χ2n) is 22.7. The Morgan fingerprint density at radius 3 is 0.756 bits per heavy atom. The fourth-order valence-electron chi connectivity index (χ4n) is 9.55. The summed E-state index contributed by atoms with van der Waals surface area (Å²) in [4.78, 5) is 38.4. The highest BCUT2D eigenvalue weighted by Gasteiger charge is 2.19. The van der Waals surface area contributed by atoms with E-state index in [0.29, 0.717) is 19.3 Å². The van der Waals surface area contributed by atoms with E-state index >= 15 is 0 Å². The Hall–Kier alpha value is -4.19. The van der Waals surface area contributed by atoms with Crippen molar-refractivity contribution in [3.05, 3.63) is 122 Å². The van der Waals surface area contributed by atoms with Crippen LogP contribution in [0.25, 0.3) is 0 Å². The number of allylic oxidation sites excluding steroid dienone is 20. The van der Waals surface area contributed by atoms with E-state index in [9.17, 15) is 14.4 Å². The minimum absolute atomic E-state index is 0.0900. The first-order valence-corrected chi connectivity index (χ1v) is 34.5. The maximum Gasteiger partial charge on any atom is 0.306 e. The second kappa shape index (κ2) is 69.3. The van der Waals surface area contributed by atoms with Crippen LogP contribution in [0, 0.1) is 0 Å². The molecule has 0 radical (unpaired) electrons. The lowest BCUT2D eigenvalue weighted by Gasteiger charge is -2.18. The van der Waals surface area contributed by atoms with Crippen LogP contribution >= 0.6 is 0 Å². The van der Waals surface area contributed by atoms with Crippen LogP contribution in [0.5, 0.6) is 0 Å². The third-order valence-electron chi connectivity index (χ3n) is 14.7. The van der Waals surface area contributed by atoms with E-state index in [1.165, 1.54) is 161 Å². The quantitative estimate of drug-likeness (QED) is 0.0261. The zero-order valence-corrected chi connectivity index (χ0v) is 53.7. The van der Waals surface area contributed by atoms with Gasteiger partial charge in [0.05, 0.1) is 0 Å². The van der Waals surface area contributed by atoms with Gasteiger partial charge in [0.25, 0.3) is 0 Å². The molecular formula is C76H128O6. The van der Waals surface area contributed by atoms with Crippen molar-refractivity contribution in [2.24, 2.45) is 0 Å². The highest BCUT2D eigenvalue weighted by atomic mass is 16.6. The molecule has 0 aliphatic rings. The molecule has 1 atom stereocenters. The molecule has 0 aromatic heterocycles. The number of ether oxygens (including phenoxy) is 3. The van der Waals surface area contributed by atoms with Crippen molar-refractivity contribution in [2.75, 3.05) is 13.2 Å². The Labute approximate surface area is 507 Å². The van der Waals surface area contributed by atoms with Crippen LogP contribution < -0.4 is 0 Å². The average molecular weight is 1140 g/mol. The summed E-state index contributed by atoms with van der Waals surface area (Å²) in [5, 5.41) is 0. The Balaban J connectivity index is 4.42. The SMILES string of the molecule is CC/C=C\C/C=C\C/C=C\C/C=C\C/C=C\C/C=C\C/C=C\CCCCCC(=O)OCC(COC(=O)CCCCCCCCCCCCCCCC)OC(=O)CCCCCCCCCCCC/C=C\C/C=C\C/C=C\CCCCCCC. The molecule has 0 saturated heterocycles. The van der Waals surface area contributed by atoms with Gasteiger partial charge in [0, 0.05) is 19.3 Å². The van der Waals surface area contributed by atoms with Gasteiger partial charge < -0.3 is 14.2 Å². The van der Waals surface area contributed by atoms with Crippen molar-refractivity contribution in [3.63, 3.8) is 0 Å². The summed E-state index contributed by atoms with van der Waals surface area (Å²) in [5.41, 5.74) is 0. The molecule has 0 aromatic carbocycles. The zero-order chi connectivity index (χ0) is 59.2. The lowest BCUT2D eigenvalue weighted by atomic mass is 10.0. The van der Waals surface area contributed by atoms with Crippen LogP contribution in [-0.4, -0.2) is 37.2 Å². The first kappa shape index (κ1) is 77.8. The third kappa shape index (κ3) is 66.6. The highest BCUT2D eigenvalue weighted by Crippen LogP contribution is 2.16. The van der Waals surface area contributed by atoms with Crippen LogP contribution in [0.4, 0.5) is 0 Å². The van der Waals surface area contributed by atoms with E-state index in [1.807, 2.05) is 0 Å². The highest BCUT2D eigenvalue weighted by molar-refractivity contribution is 5.71. The van der Waals surface area contributed by atoms with Crippen molar-refractivity contribution in [1.29, 1.82) is 0 Å². The third-order valence-corrected chi connectivity index (χ3v) is 14.7.